The molecule has 0 saturated carbocycles. The Balaban J connectivity index is 2.88. The summed E-state index contributed by atoms with van der Waals surface area (Å²) >= 11 is 0. The Hall–Kier alpha value is -0.850. The first-order chi connectivity index (χ1) is 8.55. The monoisotopic (exact) mass is 273 g/mol. The molecule has 0 unspecified atom stereocenters. The second-order valence-corrected chi connectivity index (χ2v) is 6.00. The summed E-state index contributed by atoms with van der Waals surface area (Å²) in [4.78, 5) is 0.353. The number of nitrogens with one attached hydrogen (secondary N) is 2. The van der Waals surface area contributed by atoms with Crippen LogP contribution < -0.4 is 10.0 Å². The molecule has 0 fully saturated rings. The molecule has 104 valence electrons. The first-order valence-electron chi connectivity index (χ1n) is 6.38. The van der Waals surface area contributed by atoms with Gasteiger partial charge in [-0.05, 0) is 26.5 Å². The number of sulfonamides is 1. The molecule has 0 atom stereocenters. The summed E-state index contributed by atoms with van der Waals surface area (Å²) in [6, 6.07) is 1.73. The van der Waals surface area contributed by atoms with Gasteiger partial charge in [-0.3, -0.25) is 0 Å². The molecular weight excluding hydrogens is 250 g/mol. The van der Waals surface area contributed by atoms with Gasteiger partial charge in [-0.1, -0.05) is 13.3 Å². The summed E-state index contributed by atoms with van der Waals surface area (Å²) in [5.74, 6) is 0. The third-order valence-corrected chi connectivity index (χ3v) is 4.22. The fourth-order valence-corrected chi connectivity index (χ4v) is 2.90. The van der Waals surface area contributed by atoms with Crippen LogP contribution in [0.2, 0.25) is 0 Å². The number of nitrogens with zero attached hydrogens (tertiary/aromatic N) is 1. The van der Waals surface area contributed by atoms with Crippen LogP contribution in [0, 0.1) is 0 Å². The molecular formula is C12H23N3O2S. The highest BCUT2D eigenvalue weighted by atomic mass is 32.2. The average molecular weight is 273 g/mol. The molecule has 0 bridgehead atoms. The topological polar surface area (TPSA) is 63.1 Å². The maximum atomic E-state index is 12.0. The zero-order valence-electron chi connectivity index (χ0n) is 11.4. The average Bonchev–Trinajstić information content (AvgIpc) is 2.74. The maximum Gasteiger partial charge on any atom is 0.242 e. The maximum absolute atomic E-state index is 12.0. The van der Waals surface area contributed by atoms with Crippen LogP contribution in [-0.4, -0.2) is 26.6 Å². The third-order valence-electron chi connectivity index (χ3n) is 2.79. The largest absolute Gasteiger partial charge is 0.349 e. The minimum Gasteiger partial charge on any atom is -0.349 e. The van der Waals surface area contributed by atoms with Crippen LogP contribution in [0.4, 0.5) is 0 Å². The van der Waals surface area contributed by atoms with Crippen molar-refractivity contribution < 1.29 is 8.42 Å². The Kier molecular flexibility index (Phi) is 5.84. The lowest BCUT2D eigenvalue weighted by Gasteiger charge is -2.04. The van der Waals surface area contributed by atoms with E-state index in [2.05, 4.69) is 10.0 Å². The Labute approximate surface area is 110 Å². The van der Waals surface area contributed by atoms with Crippen LogP contribution in [0.25, 0.3) is 0 Å². The lowest BCUT2D eigenvalue weighted by atomic mass is 10.3. The predicted octanol–water partition coefficient (Wildman–Crippen LogP) is 1.31. The zero-order valence-corrected chi connectivity index (χ0v) is 12.2. The molecule has 0 aliphatic heterocycles. The van der Waals surface area contributed by atoms with Crippen molar-refractivity contribution in [2.45, 2.75) is 44.7 Å². The highest BCUT2D eigenvalue weighted by Gasteiger charge is 2.17. The summed E-state index contributed by atoms with van der Waals surface area (Å²) in [5, 5.41) is 3.04. The van der Waals surface area contributed by atoms with Gasteiger partial charge in [0.25, 0.3) is 0 Å². The Morgan fingerprint density at radius 2 is 2.06 bits per heavy atom. The van der Waals surface area contributed by atoms with Crippen molar-refractivity contribution in [3.05, 3.63) is 18.0 Å². The molecule has 6 heteroatoms. The van der Waals surface area contributed by atoms with E-state index in [4.69, 9.17) is 0 Å². The number of rotatable bonds is 8. The van der Waals surface area contributed by atoms with Gasteiger partial charge in [0.2, 0.25) is 10.0 Å². The van der Waals surface area contributed by atoms with Crippen LogP contribution in [0.5, 0.6) is 0 Å². The predicted molar refractivity (Wildman–Crippen MR) is 73.0 cm³/mol. The number of hydrogen-bond acceptors (Lipinski definition) is 3. The Morgan fingerprint density at radius 1 is 1.33 bits per heavy atom. The standard InChI is InChI=1S/C12H23N3O2S/c1-4-6-7-14-18(16,17)12-8-11(9-13-3)15(5-2)10-12/h8,10,13-14H,4-7,9H2,1-3H3. The molecule has 1 aromatic rings. The van der Waals surface area contributed by atoms with Crippen LogP contribution in [0.15, 0.2) is 17.2 Å². The number of hydrogen-bond donors (Lipinski definition) is 2. The summed E-state index contributed by atoms with van der Waals surface area (Å²) in [7, 11) is -1.51. The fourth-order valence-electron chi connectivity index (χ4n) is 1.76. The van der Waals surface area contributed by atoms with E-state index in [1.54, 1.807) is 12.3 Å². The Morgan fingerprint density at radius 3 is 2.61 bits per heavy atom. The number of aryl methyl sites for hydroxylation is 1. The van der Waals surface area contributed by atoms with Crippen molar-refractivity contribution in [1.82, 2.24) is 14.6 Å². The summed E-state index contributed by atoms with van der Waals surface area (Å²) < 4.78 is 28.7. The molecule has 0 saturated heterocycles. The van der Waals surface area contributed by atoms with E-state index < -0.39 is 10.0 Å². The van der Waals surface area contributed by atoms with Crippen molar-refractivity contribution in [3.63, 3.8) is 0 Å². The van der Waals surface area contributed by atoms with Crippen molar-refractivity contribution in [1.29, 1.82) is 0 Å². The molecule has 1 aromatic heterocycles. The molecule has 1 heterocycles. The zero-order chi connectivity index (χ0) is 13.6. The van der Waals surface area contributed by atoms with E-state index in [9.17, 15) is 8.42 Å². The van der Waals surface area contributed by atoms with Gasteiger partial charge in [0.15, 0.2) is 0 Å². The lowest BCUT2D eigenvalue weighted by Crippen LogP contribution is -2.24. The number of unbranched alkanes of at least 4 members (excludes halogenated alkanes) is 1. The van der Waals surface area contributed by atoms with Crippen molar-refractivity contribution in [2.24, 2.45) is 0 Å². The van der Waals surface area contributed by atoms with Gasteiger partial charge < -0.3 is 9.88 Å². The van der Waals surface area contributed by atoms with Crippen molar-refractivity contribution in [2.75, 3.05) is 13.6 Å². The van der Waals surface area contributed by atoms with Crippen LogP contribution in [-0.2, 0) is 23.1 Å². The highest BCUT2D eigenvalue weighted by molar-refractivity contribution is 7.89. The molecule has 2 N–H and O–H groups in total. The fraction of sp³-hybridized carbons (Fsp3) is 0.667. The molecule has 1 rings (SSSR count). The van der Waals surface area contributed by atoms with Gasteiger partial charge in [-0.2, -0.15) is 0 Å². The van der Waals surface area contributed by atoms with E-state index in [1.165, 1.54) is 0 Å². The molecule has 18 heavy (non-hydrogen) atoms. The molecule has 0 spiro atoms. The minimum atomic E-state index is -3.36. The number of aromatic nitrogens is 1. The molecule has 0 radical (unpaired) electrons. The SMILES string of the molecule is CCCCNS(=O)(=O)c1cc(CNC)n(CC)c1. The van der Waals surface area contributed by atoms with E-state index in [1.807, 2.05) is 25.5 Å². The van der Waals surface area contributed by atoms with Crippen molar-refractivity contribution in [3.8, 4) is 0 Å². The first kappa shape index (κ1) is 15.2. The van der Waals surface area contributed by atoms with Gasteiger partial charge in [-0.25, -0.2) is 13.1 Å². The second kappa shape index (κ2) is 6.92. The Bertz CT molecular complexity index is 466. The van der Waals surface area contributed by atoms with Crippen LogP contribution in [0.1, 0.15) is 32.4 Å². The van der Waals surface area contributed by atoms with E-state index in [-0.39, 0.29) is 0 Å². The van der Waals surface area contributed by atoms with E-state index in [0.29, 0.717) is 18.0 Å². The third kappa shape index (κ3) is 3.83. The van der Waals surface area contributed by atoms with Gasteiger partial charge in [0.1, 0.15) is 0 Å². The van der Waals surface area contributed by atoms with Gasteiger partial charge in [-0.15, -0.1) is 0 Å². The molecule has 0 amide bonds. The molecule has 0 aromatic carbocycles. The lowest BCUT2D eigenvalue weighted by molar-refractivity contribution is 0.578. The van der Waals surface area contributed by atoms with Gasteiger partial charge in [0.05, 0.1) is 4.90 Å². The van der Waals surface area contributed by atoms with Gasteiger partial charge in [0, 0.05) is 31.5 Å². The van der Waals surface area contributed by atoms with E-state index in [0.717, 1.165) is 25.1 Å². The van der Waals surface area contributed by atoms with E-state index >= 15 is 0 Å². The highest BCUT2D eigenvalue weighted by Crippen LogP contribution is 2.14. The second-order valence-electron chi connectivity index (χ2n) is 4.23. The quantitative estimate of drug-likeness (QED) is 0.702. The first-order valence-corrected chi connectivity index (χ1v) is 7.86. The van der Waals surface area contributed by atoms with Crippen LogP contribution in [0.3, 0.4) is 0 Å². The molecule has 5 nitrogen and oxygen atoms in total. The van der Waals surface area contributed by atoms with Crippen molar-refractivity contribution >= 4 is 10.0 Å². The smallest absolute Gasteiger partial charge is 0.242 e. The summed E-state index contributed by atoms with van der Waals surface area (Å²) in [6.07, 6.45) is 3.53. The summed E-state index contributed by atoms with van der Waals surface area (Å²) in [5.41, 5.74) is 0.982. The normalized spacial score (nSPS) is 11.9. The molecule has 0 aliphatic rings. The summed E-state index contributed by atoms with van der Waals surface area (Å²) in [6.45, 7) is 5.96. The minimum absolute atomic E-state index is 0.353. The molecule has 0 aliphatic carbocycles. The van der Waals surface area contributed by atoms with Crippen LogP contribution >= 0.6 is 0 Å². The van der Waals surface area contributed by atoms with Gasteiger partial charge >= 0.3 is 0 Å².